The van der Waals surface area contributed by atoms with Crippen LogP contribution in [0.5, 0.6) is 0 Å². The van der Waals surface area contributed by atoms with E-state index in [0.717, 1.165) is 23.4 Å². The summed E-state index contributed by atoms with van der Waals surface area (Å²) in [6.07, 6.45) is 3.23. The molecule has 2 heterocycles. The number of hydrogen-bond donors (Lipinski definition) is 2. The van der Waals surface area contributed by atoms with Crippen molar-refractivity contribution < 1.29 is 0 Å². The van der Waals surface area contributed by atoms with Gasteiger partial charge in [0.15, 0.2) is 5.82 Å². The molecule has 0 aliphatic rings. The topological polar surface area (TPSA) is 66.5 Å². The molecule has 3 rings (SSSR count). The van der Waals surface area contributed by atoms with Gasteiger partial charge in [-0.3, -0.25) is 5.10 Å². The summed E-state index contributed by atoms with van der Waals surface area (Å²) in [5.41, 5.74) is 2.86. The fourth-order valence-electron chi connectivity index (χ4n) is 1.67. The SMILES string of the molecule is c1ccc(CNc2n[nH]c3cncnc23)cc1. The second-order valence-corrected chi connectivity index (χ2v) is 3.70. The summed E-state index contributed by atoms with van der Waals surface area (Å²) in [7, 11) is 0. The number of nitrogens with one attached hydrogen (secondary N) is 2. The van der Waals surface area contributed by atoms with Crippen LogP contribution >= 0.6 is 0 Å². The molecule has 1 aromatic carbocycles. The molecule has 0 aliphatic heterocycles. The zero-order chi connectivity index (χ0) is 11.5. The van der Waals surface area contributed by atoms with Crippen LogP contribution in [0.25, 0.3) is 11.0 Å². The van der Waals surface area contributed by atoms with Gasteiger partial charge in [0, 0.05) is 6.54 Å². The lowest BCUT2D eigenvalue weighted by Gasteiger charge is -2.02. The van der Waals surface area contributed by atoms with Crippen LogP contribution in [-0.2, 0) is 6.54 Å². The van der Waals surface area contributed by atoms with Crippen LogP contribution < -0.4 is 5.32 Å². The van der Waals surface area contributed by atoms with Gasteiger partial charge in [0.2, 0.25) is 0 Å². The van der Waals surface area contributed by atoms with Crippen molar-refractivity contribution in [1.29, 1.82) is 0 Å². The van der Waals surface area contributed by atoms with Crippen molar-refractivity contribution in [1.82, 2.24) is 20.2 Å². The molecule has 5 heteroatoms. The molecule has 0 atom stereocenters. The van der Waals surface area contributed by atoms with E-state index in [2.05, 4.69) is 37.6 Å². The molecule has 0 fully saturated rings. The zero-order valence-electron chi connectivity index (χ0n) is 9.09. The Morgan fingerprint density at radius 1 is 1.18 bits per heavy atom. The Kier molecular flexibility index (Phi) is 2.42. The summed E-state index contributed by atoms with van der Waals surface area (Å²) in [5, 5.41) is 10.3. The molecule has 2 aromatic heterocycles. The third kappa shape index (κ3) is 1.94. The van der Waals surface area contributed by atoms with Crippen LogP contribution in [0.4, 0.5) is 5.82 Å². The fraction of sp³-hybridized carbons (Fsp3) is 0.0833. The van der Waals surface area contributed by atoms with E-state index < -0.39 is 0 Å². The van der Waals surface area contributed by atoms with Crippen molar-refractivity contribution in [2.75, 3.05) is 5.32 Å². The Bertz CT molecular complexity index is 617. The maximum Gasteiger partial charge on any atom is 0.174 e. The third-order valence-electron chi connectivity index (χ3n) is 2.53. The van der Waals surface area contributed by atoms with Gasteiger partial charge in [0.1, 0.15) is 17.4 Å². The van der Waals surface area contributed by atoms with Crippen LogP contribution in [0.15, 0.2) is 42.9 Å². The zero-order valence-corrected chi connectivity index (χ0v) is 9.09. The Labute approximate surface area is 97.9 Å². The standard InChI is InChI=1S/C12H11N5/c1-2-4-9(5-3-1)6-14-12-11-10(16-17-12)7-13-8-15-11/h1-5,7-8H,6H2,(H2,14,16,17). The molecule has 0 amide bonds. The largest absolute Gasteiger partial charge is 0.363 e. The van der Waals surface area contributed by atoms with Gasteiger partial charge in [-0.25, -0.2) is 9.97 Å². The van der Waals surface area contributed by atoms with Crippen LogP contribution in [0.1, 0.15) is 5.56 Å². The highest BCUT2D eigenvalue weighted by atomic mass is 15.2. The average Bonchev–Trinajstić information content (AvgIpc) is 2.81. The number of rotatable bonds is 3. The second kappa shape index (κ2) is 4.21. The lowest BCUT2D eigenvalue weighted by atomic mass is 10.2. The van der Waals surface area contributed by atoms with Gasteiger partial charge in [-0.2, -0.15) is 5.10 Å². The van der Waals surface area contributed by atoms with Crippen LogP contribution in [0.2, 0.25) is 0 Å². The van der Waals surface area contributed by atoms with Gasteiger partial charge in [0.25, 0.3) is 0 Å². The van der Waals surface area contributed by atoms with Crippen molar-refractivity contribution in [3.05, 3.63) is 48.4 Å². The molecule has 5 nitrogen and oxygen atoms in total. The Balaban J connectivity index is 1.82. The highest BCUT2D eigenvalue weighted by molar-refractivity contribution is 5.84. The van der Waals surface area contributed by atoms with Gasteiger partial charge in [-0.1, -0.05) is 30.3 Å². The number of benzene rings is 1. The molecular formula is C12H11N5. The predicted octanol–water partition coefficient (Wildman–Crippen LogP) is 1.96. The number of H-pyrrole nitrogens is 1. The molecule has 0 unspecified atom stereocenters. The monoisotopic (exact) mass is 225 g/mol. The van der Waals surface area contributed by atoms with Gasteiger partial charge >= 0.3 is 0 Å². The van der Waals surface area contributed by atoms with E-state index in [4.69, 9.17) is 0 Å². The molecule has 0 aliphatic carbocycles. The molecule has 0 saturated carbocycles. The van der Waals surface area contributed by atoms with E-state index in [1.54, 1.807) is 6.20 Å². The highest BCUT2D eigenvalue weighted by Crippen LogP contribution is 2.16. The van der Waals surface area contributed by atoms with E-state index in [1.165, 1.54) is 11.9 Å². The molecule has 0 radical (unpaired) electrons. The Hall–Kier alpha value is -2.43. The van der Waals surface area contributed by atoms with Crippen LogP contribution in [0, 0.1) is 0 Å². The van der Waals surface area contributed by atoms with Gasteiger partial charge in [-0.15, -0.1) is 0 Å². The lowest BCUT2D eigenvalue weighted by molar-refractivity contribution is 1.06. The molecule has 2 N–H and O–H groups in total. The number of anilines is 1. The summed E-state index contributed by atoms with van der Waals surface area (Å²) in [4.78, 5) is 8.12. The third-order valence-corrected chi connectivity index (χ3v) is 2.53. The van der Waals surface area contributed by atoms with Crippen molar-refractivity contribution in [2.24, 2.45) is 0 Å². The summed E-state index contributed by atoms with van der Waals surface area (Å²) < 4.78 is 0. The second-order valence-electron chi connectivity index (χ2n) is 3.70. The van der Waals surface area contributed by atoms with Gasteiger partial charge < -0.3 is 5.32 Å². The summed E-state index contributed by atoms with van der Waals surface area (Å²) in [5.74, 6) is 0.756. The van der Waals surface area contributed by atoms with Crippen molar-refractivity contribution in [3.63, 3.8) is 0 Å². The minimum atomic E-state index is 0.727. The lowest BCUT2D eigenvalue weighted by Crippen LogP contribution is -2.00. The molecule has 0 spiro atoms. The first kappa shape index (κ1) is 9.77. The van der Waals surface area contributed by atoms with Crippen LogP contribution in [0.3, 0.4) is 0 Å². The van der Waals surface area contributed by atoms with E-state index in [-0.39, 0.29) is 0 Å². The van der Waals surface area contributed by atoms with E-state index in [1.807, 2.05) is 18.2 Å². The van der Waals surface area contributed by atoms with E-state index >= 15 is 0 Å². The smallest absolute Gasteiger partial charge is 0.174 e. The van der Waals surface area contributed by atoms with E-state index in [9.17, 15) is 0 Å². The van der Waals surface area contributed by atoms with Gasteiger partial charge in [-0.05, 0) is 5.56 Å². The summed E-state index contributed by atoms with van der Waals surface area (Å²) >= 11 is 0. The maximum absolute atomic E-state index is 4.19. The fourth-order valence-corrected chi connectivity index (χ4v) is 1.67. The average molecular weight is 225 g/mol. The summed E-state index contributed by atoms with van der Waals surface area (Å²) in [6, 6.07) is 10.2. The highest BCUT2D eigenvalue weighted by Gasteiger charge is 2.05. The first-order valence-corrected chi connectivity index (χ1v) is 5.35. The van der Waals surface area contributed by atoms with Crippen molar-refractivity contribution >= 4 is 16.9 Å². The van der Waals surface area contributed by atoms with Crippen LogP contribution in [-0.4, -0.2) is 20.2 Å². The predicted molar refractivity (Wildman–Crippen MR) is 65.5 cm³/mol. The number of aromatic amines is 1. The minimum absolute atomic E-state index is 0.727. The molecule has 17 heavy (non-hydrogen) atoms. The molecule has 3 aromatic rings. The van der Waals surface area contributed by atoms with Crippen molar-refractivity contribution in [2.45, 2.75) is 6.54 Å². The maximum atomic E-state index is 4.19. The number of nitrogens with zero attached hydrogens (tertiary/aromatic N) is 3. The molecule has 84 valence electrons. The molecule has 0 saturated heterocycles. The minimum Gasteiger partial charge on any atom is -0.363 e. The first-order chi connectivity index (χ1) is 8.43. The molecular weight excluding hydrogens is 214 g/mol. The molecule has 0 bridgehead atoms. The number of aromatic nitrogens is 4. The Morgan fingerprint density at radius 3 is 2.94 bits per heavy atom. The quantitative estimate of drug-likeness (QED) is 0.715. The van der Waals surface area contributed by atoms with E-state index in [0.29, 0.717) is 0 Å². The summed E-state index contributed by atoms with van der Waals surface area (Å²) in [6.45, 7) is 0.727. The Morgan fingerprint density at radius 2 is 2.06 bits per heavy atom. The number of fused-ring (bicyclic) bond motifs is 1. The normalized spacial score (nSPS) is 10.6. The number of hydrogen-bond acceptors (Lipinski definition) is 4. The van der Waals surface area contributed by atoms with Crippen molar-refractivity contribution in [3.8, 4) is 0 Å². The first-order valence-electron chi connectivity index (χ1n) is 5.35. The van der Waals surface area contributed by atoms with Gasteiger partial charge in [0.05, 0.1) is 6.20 Å².